The van der Waals surface area contributed by atoms with Crippen molar-refractivity contribution in [2.24, 2.45) is 0 Å². The third kappa shape index (κ3) is 4.61. The quantitative estimate of drug-likeness (QED) is 0.713. The molecular weight excluding hydrogens is 388 g/mol. The molecule has 0 aliphatic carbocycles. The second kappa shape index (κ2) is 7.90. The van der Waals surface area contributed by atoms with Crippen molar-refractivity contribution in [3.8, 4) is 0 Å². The van der Waals surface area contributed by atoms with Gasteiger partial charge < -0.3 is 9.47 Å². The molecule has 0 saturated carbocycles. The smallest absolute Gasteiger partial charge is 0.341 e. The van der Waals surface area contributed by atoms with Crippen LogP contribution in [0.3, 0.4) is 0 Å². The van der Waals surface area contributed by atoms with Crippen molar-refractivity contribution >= 4 is 28.0 Å². The molecule has 1 saturated heterocycles. The van der Waals surface area contributed by atoms with E-state index in [1.165, 1.54) is 24.3 Å². The molecule has 0 spiro atoms. The Morgan fingerprint density at radius 3 is 2.43 bits per heavy atom. The first-order chi connectivity index (χ1) is 13.2. The van der Waals surface area contributed by atoms with E-state index in [1.54, 1.807) is 19.9 Å². The van der Waals surface area contributed by atoms with Crippen LogP contribution in [0.2, 0.25) is 0 Å². The van der Waals surface area contributed by atoms with Gasteiger partial charge in [-0.15, -0.1) is 0 Å². The number of aryl methyl sites for hydroxylation is 2. The minimum Gasteiger partial charge on any atom is -0.432 e. The summed E-state index contributed by atoms with van der Waals surface area (Å²) in [4.78, 5) is 32.0. The van der Waals surface area contributed by atoms with Gasteiger partial charge >= 0.3 is 12.0 Å². The Balaban J connectivity index is 1.76. The van der Waals surface area contributed by atoms with Crippen LogP contribution in [0.1, 0.15) is 28.2 Å². The number of sulfonamides is 1. The number of hydrogen-bond donors (Lipinski definition) is 2. The second-order valence-electron chi connectivity index (χ2n) is 6.02. The molecule has 148 valence electrons. The lowest BCUT2D eigenvalue weighted by atomic mass is 10.2. The van der Waals surface area contributed by atoms with E-state index in [9.17, 15) is 18.0 Å². The number of nitrogens with zero attached hydrogens (tertiary/aromatic N) is 2. The van der Waals surface area contributed by atoms with Crippen LogP contribution in [-0.2, 0) is 19.5 Å². The van der Waals surface area contributed by atoms with E-state index in [1.807, 2.05) is 4.72 Å². The maximum atomic E-state index is 12.6. The fraction of sp³-hybridized carbons (Fsp3) is 0.294. The molecule has 1 aliphatic heterocycles. The highest BCUT2D eigenvalue weighted by Gasteiger charge is 2.29. The highest BCUT2D eigenvalue weighted by atomic mass is 32.2. The Bertz CT molecular complexity index is 1000. The number of rotatable bonds is 5. The zero-order valence-electron chi connectivity index (χ0n) is 15.1. The molecular formula is C17H18N4O6S. The van der Waals surface area contributed by atoms with Crippen molar-refractivity contribution in [3.05, 3.63) is 47.3 Å². The third-order valence-electron chi connectivity index (χ3n) is 3.73. The Kier molecular flexibility index (Phi) is 5.56. The van der Waals surface area contributed by atoms with Gasteiger partial charge in [-0.3, -0.25) is 5.32 Å². The summed E-state index contributed by atoms with van der Waals surface area (Å²) in [5.41, 5.74) is 1.01. The molecule has 10 nitrogen and oxygen atoms in total. The van der Waals surface area contributed by atoms with Crippen LogP contribution in [0.4, 0.5) is 10.7 Å². The lowest BCUT2D eigenvalue weighted by Crippen LogP contribution is -2.36. The van der Waals surface area contributed by atoms with Gasteiger partial charge in [0.2, 0.25) is 12.2 Å². The molecule has 1 aromatic carbocycles. The second-order valence-corrected chi connectivity index (χ2v) is 7.68. The Morgan fingerprint density at radius 1 is 1.18 bits per heavy atom. The predicted molar refractivity (Wildman–Crippen MR) is 97.1 cm³/mol. The Labute approximate surface area is 161 Å². The zero-order chi connectivity index (χ0) is 20.3. The van der Waals surface area contributed by atoms with Crippen molar-refractivity contribution < 1.29 is 27.5 Å². The van der Waals surface area contributed by atoms with Crippen molar-refractivity contribution in [2.75, 3.05) is 11.9 Å². The molecule has 2 N–H and O–H groups in total. The fourth-order valence-corrected chi connectivity index (χ4v) is 3.55. The fourth-order valence-electron chi connectivity index (χ4n) is 2.45. The molecule has 1 aliphatic rings. The number of nitrogens with one attached hydrogen (secondary N) is 2. The SMILES string of the molecule is Cc1cc(C)nc(NC(=O)NS(=O)(=O)c2ccccc2C(=O)OC2CCO2)n1. The number of esters is 1. The van der Waals surface area contributed by atoms with Crippen molar-refractivity contribution in [1.29, 1.82) is 0 Å². The van der Waals surface area contributed by atoms with Gasteiger partial charge in [-0.1, -0.05) is 12.1 Å². The Hall–Kier alpha value is -3.05. The maximum Gasteiger partial charge on any atom is 0.341 e. The first kappa shape index (κ1) is 19.7. The molecule has 1 unspecified atom stereocenters. The molecule has 2 aromatic rings. The van der Waals surface area contributed by atoms with E-state index in [2.05, 4.69) is 15.3 Å². The van der Waals surface area contributed by atoms with Crippen LogP contribution >= 0.6 is 0 Å². The van der Waals surface area contributed by atoms with Gasteiger partial charge in [-0.25, -0.2) is 32.7 Å². The third-order valence-corrected chi connectivity index (χ3v) is 5.12. The number of carbonyl (C=O) groups excluding carboxylic acids is 2. The average Bonchev–Trinajstić information content (AvgIpc) is 2.56. The van der Waals surface area contributed by atoms with E-state index in [0.29, 0.717) is 24.4 Å². The largest absolute Gasteiger partial charge is 0.432 e. The molecule has 0 radical (unpaired) electrons. The van der Waals surface area contributed by atoms with Gasteiger partial charge in [0.25, 0.3) is 10.0 Å². The summed E-state index contributed by atoms with van der Waals surface area (Å²) < 4.78 is 37.1. The molecule has 2 amide bonds. The van der Waals surface area contributed by atoms with Gasteiger partial charge in [0.05, 0.1) is 12.2 Å². The van der Waals surface area contributed by atoms with Gasteiger partial charge in [0.15, 0.2) is 0 Å². The lowest BCUT2D eigenvalue weighted by molar-refractivity contribution is -0.184. The first-order valence-corrected chi connectivity index (χ1v) is 9.80. The number of amides is 2. The number of urea groups is 1. The number of hydrogen-bond acceptors (Lipinski definition) is 8. The zero-order valence-corrected chi connectivity index (χ0v) is 15.9. The molecule has 28 heavy (non-hydrogen) atoms. The van der Waals surface area contributed by atoms with Gasteiger partial charge in [0, 0.05) is 17.8 Å². The number of aromatic nitrogens is 2. The van der Waals surface area contributed by atoms with Gasteiger partial charge in [0.1, 0.15) is 4.90 Å². The maximum absolute atomic E-state index is 12.6. The normalized spacial score (nSPS) is 16.0. The Morgan fingerprint density at radius 2 is 1.82 bits per heavy atom. The first-order valence-electron chi connectivity index (χ1n) is 8.32. The summed E-state index contributed by atoms with van der Waals surface area (Å²) in [5, 5.41) is 2.26. The van der Waals surface area contributed by atoms with Crippen LogP contribution in [0.25, 0.3) is 0 Å². The summed E-state index contributed by atoms with van der Waals surface area (Å²) >= 11 is 0. The molecule has 3 rings (SSSR count). The van der Waals surface area contributed by atoms with Crippen LogP contribution < -0.4 is 10.0 Å². The van der Waals surface area contributed by atoms with E-state index >= 15 is 0 Å². The van der Waals surface area contributed by atoms with Crippen molar-refractivity contribution in [1.82, 2.24) is 14.7 Å². The predicted octanol–water partition coefficient (Wildman–Crippen LogP) is 1.51. The number of carbonyl (C=O) groups is 2. The minimum atomic E-state index is -4.36. The summed E-state index contributed by atoms with van der Waals surface area (Å²) in [6.07, 6.45) is -0.154. The van der Waals surface area contributed by atoms with E-state index < -0.39 is 33.2 Å². The number of benzene rings is 1. The van der Waals surface area contributed by atoms with E-state index in [4.69, 9.17) is 9.47 Å². The van der Waals surface area contributed by atoms with Crippen LogP contribution in [0, 0.1) is 13.8 Å². The molecule has 2 heterocycles. The van der Waals surface area contributed by atoms with Crippen LogP contribution in [0.5, 0.6) is 0 Å². The highest BCUT2D eigenvalue weighted by molar-refractivity contribution is 7.90. The number of ether oxygens (including phenoxy) is 2. The van der Waals surface area contributed by atoms with Crippen LogP contribution in [-0.4, -0.2) is 43.3 Å². The summed E-state index contributed by atoms with van der Waals surface area (Å²) in [5.74, 6) is -0.899. The van der Waals surface area contributed by atoms with Crippen molar-refractivity contribution in [3.63, 3.8) is 0 Å². The highest BCUT2D eigenvalue weighted by Crippen LogP contribution is 2.20. The van der Waals surface area contributed by atoms with E-state index in [-0.39, 0.29) is 11.5 Å². The monoisotopic (exact) mass is 406 g/mol. The van der Waals surface area contributed by atoms with Crippen LogP contribution in [0.15, 0.2) is 35.2 Å². The molecule has 1 fully saturated rings. The van der Waals surface area contributed by atoms with Crippen molar-refractivity contribution in [2.45, 2.75) is 31.5 Å². The molecule has 0 bridgehead atoms. The summed E-state index contributed by atoms with van der Waals surface area (Å²) in [6.45, 7) is 3.89. The lowest BCUT2D eigenvalue weighted by Gasteiger charge is -2.26. The summed E-state index contributed by atoms with van der Waals surface area (Å²) in [6, 6.07) is 6.04. The van der Waals surface area contributed by atoms with Gasteiger partial charge in [-0.2, -0.15) is 0 Å². The standard InChI is InChI=1S/C17H18N4O6S/c1-10-9-11(2)19-16(18-10)20-17(23)21-28(24,25)13-6-4-3-5-12(13)15(22)27-14-7-8-26-14/h3-6,9,14H,7-8H2,1-2H3,(H2,18,19,20,21,23). The summed E-state index contributed by atoms with van der Waals surface area (Å²) in [7, 11) is -4.36. The minimum absolute atomic E-state index is 0.0416. The van der Waals surface area contributed by atoms with E-state index in [0.717, 1.165) is 0 Å². The number of anilines is 1. The molecule has 11 heteroatoms. The molecule has 1 aromatic heterocycles. The molecule has 1 atom stereocenters. The topological polar surface area (TPSA) is 137 Å². The average molecular weight is 406 g/mol. The van der Waals surface area contributed by atoms with Gasteiger partial charge in [-0.05, 0) is 32.0 Å².